The van der Waals surface area contributed by atoms with Gasteiger partial charge in [-0.3, -0.25) is 15.0 Å². The third kappa shape index (κ3) is 4.09. The predicted octanol–water partition coefficient (Wildman–Crippen LogP) is 3.19. The van der Waals surface area contributed by atoms with Crippen molar-refractivity contribution >= 4 is 5.69 Å². The molecule has 0 aliphatic heterocycles. The van der Waals surface area contributed by atoms with Crippen LogP contribution in [0, 0.1) is 28.9 Å². The first kappa shape index (κ1) is 16.5. The zero-order valence-electron chi connectivity index (χ0n) is 13.3. The van der Waals surface area contributed by atoms with Crippen LogP contribution in [-0.2, 0) is 0 Å². The number of nitro groups is 1. The number of nitro benzene ring substituents is 1. The summed E-state index contributed by atoms with van der Waals surface area (Å²) in [6, 6.07) is 9.72. The van der Waals surface area contributed by atoms with Gasteiger partial charge in [-0.05, 0) is 50.3 Å². The van der Waals surface area contributed by atoms with Crippen molar-refractivity contribution in [2.45, 2.75) is 6.92 Å². The van der Waals surface area contributed by atoms with Gasteiger partial charge in [0, 0.05) is 11.6 Å². The molecular formula is C18H18N2O3. The summed E-state index contributed by atoms with van der Waals surface area (Å²) in [5.41, 5.74) is 2.55. The van der Waals surface area contributed by atoms with Gasteiger partial charge in [0.25, 0.3) is 5.69 Å². The van der Waals surface area contributed by atoms with Crippen LogP contribution in [0.2, 0.25) is 0 Å². The molecule has 1 N–H and O–H groups in total. The van der Waals surface area contributed by atoms with Crippen molar-refractivity contribution in [3.8, 4) is 28.7 Å². The number of hydrogen-bond donors (Lipinski definition) is 1. The average molecular weight is 310 g/mol. The van der Waals surface area contributed by atoms with Crippen LogP contribution >= 0.6 is 0 Å². The highest BCUT2D eigenvalue weighted by Crippen LogP contribution is 2.34. The van der Waals surface area contributed by atoms with Crippen LogP contribution in [-0.4, -0.2) is 35.6 Å². The molecule has 0 aliphatic carbocycles. The monoisotopic (exact) mass is 310 g/mol. The van der Waals surface area contributed by atoms with E-state index in [2.05, 4.69) is 11.8 Å². The van der Waals surface area contributed by atoms with Crippen molar-refractivity contribution in [1.82, 2.24) is 4.90 Å². The Morgan fingerprint density at radius 2 is 1.87 bits per heavy atom. The van der Waals surface area contributed by atoms with E-state index < -0.39 is 4.92 Å². The molecule has 0 radical (unpaired) electrons. The van der Waals surface area contributed by atoms with Gasteiger partial charge in [0.15, 0.2) is 0 Å². The van der Waals surface area contributed by atoms with Crippen LogP contribution in [0.3, 0.4) is 0 Å². The number of rotatable bonds is 3. The molecule has 0 bridgehead atoms. The third-order valence-corrected chi connectivity index (χ3v) is 3.23. The first-order valence-electron chi connectivity index (χ1n) is 7.10. The van der Waals surface area contributed by atoms with Crippen molar-refractivity contribution in [1.29, 1.82) is 0 Å². The SMILES string of the molecule is Cc1cc(C#CCN(C)C)c(-c2ccc(O)cc2)c([N+](=O)[O-])c1. The minimum atomic E-state index is -0.397. The molecular weight excluding hydrogens is 292 g/mol. The van der Waals surface area contributed by atoms with Crippen molar-refractivity contribution in [2.75, 3.05) is 20.6 Å². The lowest BCUT2D eigenvalue weighted by Crippen LogP contribution is -2.10. The second kappa shape index (κ2) is 6.95. The zero-order chi connectivity index (χ0) is 17.0. The maximum atomic E-state index is 11.4. The fourth-order valence-electron chi connectivity index (χ4n) is 2.23. The number of aryl methyl sites for hydroxylation is 1. The molecule has 118 valence electrons. The number of hydrogen-bond acceptors (Lipinski definition) is 4. The van der Waals surface area contributed by atoms with Crippen molar-refractivity contribution in [3.05, 3.63) is 57.6 Å². The van der Waals surface area contributed by atoms with Gasteiger partial charge in [0.2, 0.25) is 0 Å². The minimum absolute atomic E-state index is 0.0184. The fourth-order valence-corrected chi connectivity index (χ4v) is 2.23. The molecule has 5 nitrogen and oxygen atoms in total. The summed E-state index contributed by atoms with van der Waals surface area (Å²) in [6.45, 7) is 2.38. The molecule has 23 heavy (non-hydrogen) atoms. The van der Waals surface area contributed by atoms with Crippen LogP contribution in [0.15, 0.2) is 36.4 Å². The normalized spacial score (nSPS) is 10.3. The second-order valence-corrected chi connectivity index (χ2v) is 5.55. The molecule has 0 spiro atoms. The Morgan fingerprint density at radius 1 is 1.22 bits per heavy atom. The van der Waals surface area contributed by atoms with Gasteiger partial charge in [-0.2, -0.15) is 0 Å². The molecule has 0 unspecified atom stereocenters. The average Bonchev–Trinajstić information content (AvgIpc) is 2.47. The first-order chi connectivity index (χ1) is 10.9. The molecule has 2 rings (SSSR count). The van der Waals surface area contributed by atoms with E-state index in [1.807, 2.05) is 32.0 Å². The maximum absolute atomic E-state index is 11.4. The molecule has 5 heteroatoms. The van der Waals surface area contributed by atoms with E-state index in [-0.39, 0.29) is 11.4 Å². The zero-order valence-corrected chi connectivity index (χ0v) is 13.3. The number of nitrogens with zero attached hydrogens (tertiary/aromatic N) is 2. The fraction of sp³-hybridized carbons (Fsp3) is 0.222. The Balaban J connectivity index is 2.66. The van der Waals surface area contributed by atoms with Crippen LogP contribution in [0.1, 0.15) is 11.1 Å². The van der Waals surface area contributed by atoms with E-state index in [0.29, 0.717) is 23.2 Å². The van der Waals surface area contributed by atoms with E-state index in [1.54, 1.807) is 18.2 Å². The Morgan fingerprint density at radius 3 is 2.43 bits per heavy atom. The third-order valence-electron chi connectivity index (χ3n) is 3.23. The summed E-state index contributed by atoms with van der Waals surface area (Å²) in [5.74, 6) is 6.17. The molecule has 0 atom stereocenters. The predicted molar refractivity (Wildman–Crippen MR) is 90.4 cm³/mol. The standard InChI is InChI=1S/C18H18N2O3/c1-13-11-15(5-4-10-19(2)3)18(17(12-13)20(22)23)14-6-8-16(21)9-7-14/h6-9,11-12,21H,10H2,1-3H3. The van der Waals surface area contributed by atoms with E-state index in [4.69, 9.17) is 0 Å². The lowest BCUT2D eigenvalue weighted by Gasteiger charge is -2.08. The highest BCUT2D eigenvalue weighted by Gasteiger charge is 2.19. The van der Waals surface area contributed by atoms with Gasteiger partial charge in [-0.1, -0.05) is 24.0 Å². The second-order valence-electron chi connectivity index (χ2n) is 5.55. The van der Waals surface area contributed by atoms with Crippen molar-refractivity contribution in [2.24, 2.45) is 0 Å². The summed E-state index contributed by atoms with van der Waals surface area (Å²) in [4.78, 5) is 13.0. The summed E-state index contributed by atoms with van der Waals surface area (Å²) in [6.07, 6.45) is 0. The minimum Gasteiger partial charge on any atom is -0.508 e. The van der Waals surface area contributed by atoms with Gasteiger partial charge in [-0.15, -0.1) is 0 Å². The number of benzene rings is 2. The maximum Gasteiger partial charge on any atom is 0.278 e. The van der Waals surface area contributed by atoms with Gasteiger partial charge in [-0.25, -0.2) is 0 Å². The summed E-state index contributed by atoms with van der Waals surface area (Å²) >= 11 is 0. The van der Waals surface area contributed by atoms with Crippen LogP contribution in [0.25, 0.3) is 11.1 Å². The molecule has 0 aromatic heterocycles. The van der Waals surface area contributed by atoms with E-state index >= 15 is 0 Å². The van der Waals surface area contributed by atoms with E-state index in [1.165, 1.54) is 12.1 Å². The van der Waals surface area contributed by atoms with E-state index in [0.717, 1.165) is 5.56 Å². The molecule has 0 amide bonds. The molecule has 0 saturated carbocycles. The van der Waals surface area contributed by atoms with Gasteiger partial charge < -0.3 is 5.11 Å². The molecule has 2 aromatic rings. The lowest BCUT2D eigenvalue weighted by atomic mass is 9.96. The number of phenols is 1. The van der Waals surface area contributed by atoms with Crippen LogP contribution in [0.5, 0.6) is 5.75 Å². The first-order valence-corrected chi connectivity index (χ1v) is 7.10. The highest BCUT2D eigenvalue weighted by molar-refractivity contribution is 5.80. The van der Waals surface area contributed by atoms with E-state index in [9.17, 15) is 15.2 Å². The largest absolute Gasteiger partial charge is 0.508 e. The molecule has 0 heterocycles. The molecule has 0 saturated heterocycles. The molecule has 0 aliphatic rings. The molecule has 2 aromatic carbocycles. The molecule has 0 fully saturated rings. The topological polar surface area (TPSA) is 66.6 Å². The summed E-state index contributed by atoms with van der Waals surface area (Å²) in [7, 11) is 3.82. The van der Waals surface area contributed by atoms with Crippen molar-refractivity contribution in [3.63, 3.8) is 0 Å². The van der Waals surface area contributed by atoms with Gasteiger partial charge in [0.1, 0.15) is 5.75 Å². The van der Waals surface area contributed by atoms with Crippen LogP contribution < -0.4 is 0 Å². The Bertz CT molecular complexity index is 784. The van der Waals surface area contributed by atoms with Gasteiger partial charge >= 0.3 is 0 Å². The van der Waals surface area contributed by atoms with Gasteiger partial charge in [0.05, 0.1) is 17.0 Å². The summed E-state index contributed by atoms with van der Waals surface area (Å²) < 4.78 is 0. The van der Waals surface area contributed by atoms with Crippen molar-refractivity contribution < 1.29 is 10.0 Å². The number of aromatic hydroxyl groups is 1. The summed E-state index contributed by atoms with van der Waals surface area (Å²) in [5, 5.41) is 20.9. The smallest absolute Gasteiger partial charge is 0.278 e. The quantitative estimate of drug-likeness (QED) is 0.537. The Labute approximate surface area is 135 Å². The highest BCUT2D eigenvalue weighted by atomic mass is 16.6. The Kier molecular flexibility index (Phi) is 4.99. The van der Waals surface area contributed by atoms with Crippen LogP contribution in [0.4, 0.5) is 5.69 Å². The Hall–Kier alpha value is -2.84. The lowest BCUT2D eigenvalue weighted by molar-refractivity contribution is -0.384. The number of phenolic OH excluding ortho intramolecular Hbond substituents is 1.